The summed E-state index contributed by atoms with van der Waals surface area (Å²) in [6, 6.07) is 0. The van der Waals surface area contributed by atoms with Gasteiger partial charge in [0.05, 0.1) is 6.10 Å². The summed E-state index contributed by atoms with van der Waals surface area (Å²) < 4.78 is 0. The van der Waals surface area contributed by atoms with Crippen LogP contribution in [0.3, 0.4) is 0 Å². The molecule has 3 atom stereocenters. The third kappa shape index (κ3) is 5.59. The van der Waals surface area contributed by atoms with E-state index in [-0.39, 0.29) is 6.10 Å². The molecule has 0 aromatic carbocycles. The van der Waals surface area contributed by atoms with Crippen molar-refractivity contribution in [1.29, 1.82) is 0 Å². The Morgan fingerprint density at radius 1 is 0.917 bits per heavy atom. The van der Waals surface area contributed by atoms with Crippen LogP contribution in [0.15, 0.2) is 0 Å². The minimum absolute atomic E-state index is 0.0796. The van der Waals surface area contributed by atoms with Crippen molar-refractivity contribution in [3.63, 3.8) is 0 Å². The maximum Gasteiger partial charge on any atom is 0.0540 e. The molecule has 0 fully saturated rings. The first-order valence-electron chi connectivity index (χ1n) is 5.28. The van der Waals surface area contributed by atoms with Crippen molar-refractivity contribution in [2.45, 2.75) is 59.5 Å². The van der Waals surface area contributed by atoms with E-state index in [1.165, 1.54) is 12.8 Å². The molecule has 0 radical (unpaired) electrons. The Labute approximate surface area is 77.2 Å². The minimum Gasteiger partial charge on any atom is -0.393 e. The van der Waals surface area contributed by atoms with Crippen LogP contribution in [0.1, 0.15) is 53.4 Å². The molecule has 0 saturated heterocycles. The molecule has 0 spiro atoms. The Morgan fingerprint density at radius 2 is 1.50 bits per heavy atom. The zero-order chi connectivity index (χ0) is 9.56. The molecule has 1 heteroatoms. The van der Waals surface area contributed by atoms with Gasteiger partial charge in [0.15, 0.2) is 0 Å². The summed E-state index contributed by atoms with van der Waals surface area (Å²) in [7, 11) is 0. The zero-order valence-corrected chi connectivity index (χ0v) is 9.01. The highest BCUT2D eigenvalue weighted by atomic mass is 16.3. The van der Waals surface area contributed by atoms with Gasteiger partial charge in [0.1, 0.15) is 0 Å². The van der Waals surface area contributed by atoms with E-state index in [9.17, 15) is 5.11 Å². The van der Waals surface area contributed by atoms with E-state index >= 15 is 0 Å². The predicted octanol–water partition coefficient (Wildman–Crippen LogP) is 3.22. The van der Waals surface area contributed by atoms with Crippen LogP contribution < -0.4 is 0 Å². The summed E-state index contributed by atoms with van der Waals surface area (Å²) in [5.41, 5.74) is 0. The zero-order valence-electron chi connectivity index (χ0n) is 9.01. The van der Waals surface area contributed by atoms with Gasteiger partial charge in [0.25, 0.3) is 0 Å². The van der Waals surface area contributed by atoms with Crippen molar-refractivity contribution in [3.05, 3.63) is 0 Å². The van der Waals surface area contributed by atoms with E-state index in [1.54, 1.807) is 0 Å². The third-order valence-corrected chi connectivity index (χ3v) is 2.65. The lowest BCUT2D eigenvalue weighted by Crippen LogP contribution is -2.12. The molecular formula is C11H24O. The fourth-order valence-electron chi connectivity index (χ4n) is 1.58. The molecule has 0 heterocycles. The first-order chi connectivity index (χ1) is 5.60. The maximum absolute atomic E-state index is 9.41. The molecule has 12 heavy (non-hydrogen) atoms. The van der Waals surface area contributed by atoms with Crippen LogP contribution in [0.25, 0.3) is 0 Å². The molecule has 0 aromatic heterocycles. The van der Waals surface area contributed by atoms with Crippen LogP contribution >= 0.6 is 0 Å². The van der Waals surface area contributed by atoms with Crippen LogP contribution in [-0.4, -0.2) is 11.2 Å². The first-order valence-corrected chi connectivity index (χ1v) is 5.28. The van der Waals surface area contributed by atoms with Gasteiger partial charge in [-0.15, -0.1) is 0 Å². The Morgan fingerprint density at radius 3 is 1.92 bits per heavy atom. The van der Waals surface area contributed by atoms with E-state index < -0.39 is 0 Å². The van der Waals surface area contributed by atoms with Gasteiger partial charge in [0.2, 0.25) is 0 Å². The fraction of sp³-hybridized carbons (Fsp3) is 1.00. The molecule has 0 saturated carbocycles. The summed E-state index contributed by atoms with van der Waals surface area (Å²) in [6.45, 7) is 8.80. The molecule has 74 valence electrons. The van der Waals surface area contributed by atoms with Crippen molar-refractivity contribution < 1.29 is 5.11 Å². The van der Waals surface area contributed by atoms with E-state index in [1.807, 2.05) is 6.92 Å². The maximum atomic E-state index is 9.41. The molecule has 0 aliphatic carbocycles. The van der Waals surface area contributed by atoms with Crippen LogP contribution in [0.4, 0.5) is 0 Å². The van der Waals surface area contributed by atoms with Gasteiger partial charge in [-0.2, -0.15) is 0 Å². The average molecular weight is 172 g/mol. The highest BCUT2D eigenvalue weighted by molar-refractivity contribution is 4.62. The predicted molar refractivity (Wildman–Crippen MR) is 54.2 cm³/mol. The van der Waals surface area contributed by atoms with Gasteiger partial charge >= 0.3 is 0 Å². The molecule has 0 aliphatic heterocycles. The van der Waals surface area contributed by atoms with E-state index in [0.717, 1.165) is 18.8 Å². The Bertz CT molecular complexity index is 89.2. The monoisotopic (exact) mass is 172 g/mol. The standard InChI is InChI=1S/C11H24O/c1-5-9(3)7-10(4)8-11(12)6-2/h9-12H,5-8H2,1-4H3. The Balaban J connectivity index is 3.51. The molecule has 1 nitrogen and oxygen atoms in total. The Hall–Kier alpha value is -0.0400. The van der Waals surface area contributed by atoms with Crippen LogP contribution in [-0.2, 0) is 0 Å². The van der Waals surface area contributed by atoms with Crippen LogP contribution in [0.5, 0.6) is 0 Å². The van der Waals surface area contributed by atoms with Gasteiger partial charge in [-0.05, 0) is 31.1 Å². The third-order valence-electron chi connectivity index (χ3n) is 2.65. The number of rotatable bonds is 6. The molecule has 0 aliphatic rings. The van der Waals surface area contributed by atoms with Gasteiger partial charge in [-0.1, -0.05) is 34.1 Å². The summed E-state index contributed by atoms with van der Waals surface area (Å²) >= 11 is 0. The van der Waals surface area contributed by atoms with E-state index in [2.05, 4.69) is 20.8 Å². The topological polar surface area (TPSA) is 20.2 Å². The fourth-order valence-corrected chi connectivity index (χ4v) is 1.58. The van der Waals surface area contributed by atoms with E-state index in [4.69, 9.17) is 0 Å². The summed E-state index contributed by atoms with van der Waals surface area (Å²) in [5.74, 6) is 1.49. The summed E-state index contributed by atoms with van der Waals surface area (Å²) in [4.78, 5) is 0. The molecular weight excluding hydrogens is 148 g/mol. The second-order valence-corrected chi connectivity index (χ2v) is 4.15. The number of hydrogen-bond donors (Lipinski definition) is 1. The average Bonchev–Trinajstić information content (AvgIpc) is 2.03. The Kier molecular flexibility index (Phi) is 6.45. The van der Waals surface area contributed by atoms with Crippen molar-refractivity contribution in [2.24, 2.45) is 11.8 Å². The molecule has 0 amide bonds. The van der Waals surface area contributed by atoms with Gasteiger partial charge < -0.3 is 5.11 Å². The molecule has 0 rings (SSSR count). The quantitative estimate of drug-likeness (QED) is 0.652. The highest BCUT2D eigenvalue weighted by Gasteiger charge is 2.10. The minimum atomic E-state index is -0.0796. The van der Waals surface area contributed by atoms with Crippen LogP contribution in [0, 0.1) is 11.8 Å². The van der Waals surface area contributed by atoms with Crippen molar-refractivity contribution in [3.8, 4) is 0 Å². The first kappa shape index (κ1) is 12.0. The molecule has 0 aromatic rings. The second-order valence-electron chi connectivity index (χ2n) is 4.15. The SMILES string of the molecule is CCC(C)CC(C)CC(O)CC. The second kappa shape index (κ2) is 6.47. The number of aliphatic hydroxyl groups excluding tert-OH is 1. The van der Waals surface area contributed by atoms with Crippen molar-refractivity contribution >= 4 is 0 Å². The van der Waals surface area contributed by atoms with Gasteiger partial charge in [-0.25, -0.2) is 0 Å². The smallest absolute Gasteiger partial charge is 0.0540 e. The van der Waals surface area contributed by atoms with Crippen molar-refractivity contribution in [2.75, 3.05) is 0 Å². The lowest BCUT2D eigenvalue weighted by molar-refractivity contribution is 0.135. The lowest BCUT2D eigenvalue weighted by Gasteiger charge is -2.18. The molecule has 0 bridgehead atoms. The molecule has 1 N–H and O–H groups in total. The largest absolute Gasteiger partial charge is 0.393 e. The van der Waals surface area contributed by atoms with Gasteiger partial charge in [-0.3, -0.25) is 0 Å². The number of hydrogen-bond acceptors (Lipinski definition) is 1. The highest BCUT2D eigenvalue weighted by Crippen LogP contribution is 2.19. The summed E-state index contributed by atoms with van der Waals surface area (Å²) in [5, 5.41) is 9.41. The van der Waals surface area contributed by atoms with Gasteiger partial charge in [0, 0.05) is 0 Å². The summed E-state index contributed by atoms with van der Waals surface area (Å²) in [6.07, 6.45) is 4.30. The lowest BCUT2D eigenvalue weighted by atomic mass is 9.91. The molecule has 3 unspecified atom stereocenters. The number of aliphatic hydroxyl groups is 1. The van der Waals surface area contributed by atoms with Crippen LogP contribution in [0.2, 0.25) is 0 Å². The van der Waals surface area contributed by atoms with E-state index in [0.29, 0.717) is 5.92 Å². The van der Waals surface area contributed by atoms with Crippen molar-refractivity contribution in [1.82, 2.24) is 0 Å². The normalized spacial score (nSPS) is 18.8.